The Kier molecular flexibility index (Phi) is 6.93. The predicted molar refractivity (Wildman–Crippen MR) is 147 cm³/mol. The number of ether oxygens (including phenoxy) is 2. The molecule has 9 heteroatoms. The molecule has 1 fully saturated rings. The zero-order valence-electron chi connectivity index (χ0n) is 23.2. The first kappa shape index (κ1) is 27.1. The fourth-order valence-corrected chi connectivity index (χ4v) is 6.21. The number of fused-ring (bicyclic) bond motifs is 2. The molecule has 5 rings (SSSR count). The number of benzene rings is 2. The minimum absolute atomic E-state index is 0.0849. The number of aliphatic hydroxyl groups is 1. The highest BCUT2D eigenvalue weighted by atomic mass is 16.5. The molecule has 2 aromatic rings. The summed E-state index contributed by atoms with van der Waals surface area (Å²) in [5.41, 5.74) is 1.51. The summed E-state index contributed by atoms with van der Waals surface area (Å²) >= 11 is 0. The molecular weight excluding hydrogens is 496 g/mol. The van der Waals surface area contributed by atoms with E-state index in [0.717, 1.165) is 24.0 Å². The second-order valence-corrected chi connectivity index (χ2v) is 11.4. The van der Waals surface area contributed by atoms with Crippen LogP contribution in [-0.4, -0.2) is 52.1 Å². The SMILES string of the molecule is CCC1(CC)CC(=O)N([C@@H]2C[C@@H](OC)c3ccc(C(=O)N[C@@H]4c5ccccc5OC(C)(C)[C@H]4O)cc32)C(=N)N1. The molecule has 4 atom stereocenters. The maximum atomic E-state index is 13.6. The van der Waals surface area contributed by atoms with Crippen LogP contribution in [0.2, 0.25) is 0 Å². The van der Waals surface area contributed by atoms with Gasteiger partial charge >= 0.3 is 0 Å². The van der Waals surface area contributed by atoms with E-state index < -0.39 is 29.3 Å². The number of methoxy groups -OCH3 is 1. The number of hydrogen-bond acceptors (Lipinski definition) is 6. The van der Waals surface area contributed by atoms with Crippen LogP contribution in [-0.2, 0) is 9.53 Å². The maximum absolute atomic E-state index is 13.6. The molecule has 3 aliphatic rings. The van der Waals surface area contributed by atoms with Crippen LogP contribution in [0.5, 0.6) is 5.75 Å². The van der Waals surface area contributed by atoms with Gasteiger partial charge in [-0.2, -0.15) is 0 Å². The van der Waals surface area contributed by atoms with Gasteiger partial charge in [0.2, 0.25) is 5.91 Å². The van der Waals surface area contributed by atoms with E-state index >= 15 is 0 Å². The van der Waals surface area contributed by atoms with Gasteiger partial charge in [0.1, 0.15) is 17.5 Å². The molecule has 39 heavy (non-hydrogen) atoms. The second kappa shape index (κ2) is 9.95. The van der Waals surface area contributed by atoms with Gasteiger partial charge in [-0.15, -0.1) is 0 Å². The Hall–Kier alpha value is -3.43. The fourth-order valence-electron chi connectivity index (χ4n) is 6.21. The highest BCUT2D eigenvalue weighted by molar-refractivity contribution is 6.00. The molecule has 0 aromatic heterocycles. The van der Waals surface area contributed by atoms with Crippen molar-refractivity contribution in [2.45, 2.75) is 88.8 Å². The number of para-hydroxylation sites is 1. The summed E-state index contributed by atoms with van der Waals surface area (Å²) in [6.45, 7) is 7.64. The molecule has 9 nitrogen and oxygen atoms in total. The Bertz CT molecular complexity index is 1280. The van der Waals surface area contributed by atoms with Crippen LogP contribution in [0.4, 0.5) is 0 Å². The summed E-state index contributed by atoms with van der Waals surface area (Å²) in [6, 6.07) is 11.7. The number of hydrogen-bond donors (Lipinski definition) is 4. The van der Waals surface area contributed by atoms with Crippen molar-refractivity contribution in [3.8, 4) is 5.75 Å². The molecule has 1 aliphatic carbocycles. The molecule has 2 heterocycles. The molecule has 208 valence electrons. The normalized spacial score (nSPS) is 26.8. The molecule has 0 radical (unpaired) electrons. The van der Waals surface area contributed by atoms with Crippen molar-refractivity contribution in [2.24, 2.45) is 0 Å². The number of amides is 2. The Morgan fingerprint density at radius 2 is 1.90 bits per heavy atom. The van der Waals surface area contributed by atoms with Gasteiger partial charge in [-0.05, 0) is 56.0 Å². The molecule has 4 N–H and O–H groups in total. The molecular formula is C30H38N4O5. The average Bonchev–Trinajstić information content (AvgIpc) is 3.28. The summed E-state index contributed by atoms with van der Waals surface area (Å²) in [5.74, 6) is 0.263. The first-order valence-corrected chi connectivity index (χ1v) is 13.7. The van der Waals surface area contributed by atoms with Crippen LogP contribution in [0.1, 0.15) is 98.6 Å². The van der Waals surface area contributed by atoms with E-state index in [1.807, 2.05) is 44.2 Å². The molecule has 2 aliphatic heterocycles. The lowest BCUT2D eigenvalue weighted by Crippen LogP contribution is -2.62. The monoisotopic (exact) mass is 534 g/mol. The van der Waals surface area contributed by atoms with E-state index in [2.05, 4.69) is 10.6 Å². The molecule has 1 saturated heterocycles. The lowest BCUT2D eigenvalue weighted by Gasteiger charge is -2.44. The molecule has 0 spiro atoms. The van der Waals surface area contributed by atoms with Gasteiger partial charge in [0.15, 0.2) is 5.96 Å². The van der Waals surface area contributed by atoms with Crippen molar-refractivity contribution in [2.75, 3.05) is 7.11 Å². The molecule has 0 saturated carbocycles. The van der Waals surface area contributed by atoms with E-state index in [1.165, 1.54) is 4.90 Å². The smallest absolute Gasteiger partial charge is 0.251 e. The summed E-state index contributed by atoms with van der Waals surface area (Å²) in [5, 5.41) is 26.1. The number of carbonyl (C=O) groups excluding carboxylic acids is 2. The third kappa shape index (κ3) is 4.57. The minimum Gasteiger partial charge on any atom is -0.485 e. The Morgan fingerprint density at radius 3 is 2.56 bits per heavy atom. The van der Waals surface area contributed by atoms with E-state index in [4.69, 9.17) is 14.9 Å². The van der Waals surface area contributed by atoms with Gasteiger partial charge in [-0.1, -0.05) is 38.1 Å². The summed E-state index contributed by atoms with van der Waals surface area (Å²) in [6.07, 6.45) is 1.08. The van der Waals surface area contributed by atoms with Gasteiger partial charge < -0.3 is 25.2 Å². The zero-order valence-corrected chi connectivity index (χ0v) is 23.2. The number of carbonyl (C=O) groups is 2. The van der Waals surface area contributed by atoms with Crippen LogP contribution in [0, 0.1) is 5.41 Å². The quantitative estimate of drug-likeness (QED) is 0.442. The summed E-state index contributed by atoms with van der Waals surface area (Å²) in [4.78, 5) is 28.5. The van der Waals surface area contributed by atoms with Crippen LogP contribution < -0.4 is 15.4 Å². The Labute approximate surface area is 229 Å². The van der Waals surface area contributed by atoms with Crippen molar-refractivity contribution >= 4 is 17.8 Å². The number of aliphatic hydroxyl groups excluding tert-OH is 1. The van der Waals surface area contributed by atoms with E-state index in [-0.39, 0.29) is 23.9 Å². The first-order valence-electron chi connectivity index (χ1n) is 13.7. The molecule has 0 unspecified atom stereocenters. The standard InChI is InChI=1S/C30H38N4O5/c1-6-30(7-2)16-24(35)34(28(31)33-30)21-15-23(38-5)18-13-12-17(14-20(18)21)27(37)32-25-19-10-8-9-11-22(19)39-29(3,4)26(25)36/h8-14,21,23,25-26,36H,6-7,15-16H2,1-5H3,(H2,31,33)(H,32,37)/t21-,23-,25-,26+/m1/s1. The van der Waals surface area contributed by atoms with Gasteiger partial charge in [0.05, 0.1) is 24.6 Å². The van der Waals surface area contributed by atoms with Crippen molar-refractivity contribution in [1.82, 2.24) is 15.5 Å². The lowest BCUT2D eigenvalue weighted by atomic mass is 9.86. The van der Waals surface area contributed by atoms with Gasteiger partial charge in [0.25, 0.3) is 5.91 Å². The number of rotatable bonds is 6. The maximum Gasteiger partial charge on any atom is 0.251 e. The van der Waals surface area contributed by atoms with E-state index in [9.17, 15) is 14.7 Å². The second-order valence-electron chi connectivity index (χ2n) is 11.4. The van der Waals surface area contributed by atoms with Crippen molar-refractivity contribution in [3.05, 3.63) is 64.7 Å². The predicted octanol–water partition coefficient (Wildman–Crippen LogP) is 4.14. The van der Waals surface area contributed by atoms with Gasteiger partial charge in [-0.3, -0.25) is 19.9 Å². The Morgan fingerprint density at radius 1 is 1.18 bits per heavy atom. The third-order valence-corrected chi connectivity index (χ3v) is 8.77. The number of guanidine groups is 1. The number of nitrogens with zero attached hydrogens (tertiary/aromatic N) is 1. The summed E-state index contributed by atoms with van der Waals surface area (Å²) in [7, 11) is 1.63. The Balaban J connectivity index is 1.45. The topological polar surface area (TPSA) is 124 Å². The largest absolute Gasteiger partial charge is 0.485 e. The zero-order chi connectivity index (χ0) is 28.1. The molecule has 0 bridgehead atoms. The van der Waals surface area contributed by atoms with Crippen molar-refractivity contribution < 1.29 is 24.2 Å². The third-order valence-electron chi connectivity index (χ3n) is 8.77. The van der Waals surface area contributed by atoms with Crippen LogP contribution in [0.15, 0.2) is 42.5 Å². The highest BCUT2D eigenvalue weighted by Gasteiger charge is 2.46. The minimum atomic E-state index is -0.966. The van der Waals surface area contributed by atoms with E-state index in [1.54, 1.807) is 33.1 Å². The lowest BCUT2D eigenvalue weighted by molar-refractivity contribution is -0.133. The average molecular weight is 535 g/mol. The van der Waals surface area contributed by atoms with Gasteiger partial charge in [-0.25, -0.2) is 0 Å². The van der Waals surface area contributed by atoms with Crippen LogP contribution in [0.3, 0.4) is 0 Å². The van der Waals surface area contributed by atoms with Crippen molar-refractivity contribution in [1.29, 1.82) is 5.41 Å². The summed E-state index contributed by atoms with van der Waals surface area (Å²) < 4.78 is 11.7. The van der Waals surface area contributed by atoms with E-state index in [0.29, 0.717) is 29.7 Å². The van der Waals surface area contributed by atoms with Crippen LogP contribution in [0.25, 0.3) is 0 Å². The highest BCUT2D eigenvalue weighted by Crippen LogP contribution is 2.46. The molecule has 2 aromatic carbocycles. The van der Waals surface area contributed by atoms with Gasteiger partial charge in [0, 0.05) is 30.2 Å². The van der Waals surface area contributed by atoms with Crippen molar-refractivity contribution in [3.63, 3.8) is 0 Å². The van der Waals surface area contributed by atoms with Crippen LogP contribution >= 0.6 is 0 Å². The number of nitrogens with one attached hydrogen (secondary N) is 3. The fraction of sp³-hybridized carbons (Fsp3) is 0.500. The first-order chi connectivity index (χ1) is 18.5. The molecule has 2 amide bonds.